The van der Waals surface area contributed by atoms with Crippen LogP contribution in [0.15, 0.2) is 18.3 Å². The first-order valence-corrected chi connectivity index (χ1v) is 6.28. The first kappa shape index (κ1) is 15.1. The lowest BCUT2D eigenvalue weighted by Crippen LogP contribution is -2.35. The lowest BCUT2D eigenvalue weighted by molar-refractivity contribution is 0.0695. The normalized spacial score (nSPS) is 10.5. The number of likely N-dealkylation sites (N-methyl/N-ethyl adjacent to an activating group) is 1. The van der Waals surface area contributed by atoms with Crippen LogP contribution >= 0.6 is 0 Å². The van der Waals surface area contributed by atoms with Crippen molar-refractivity contribution in [2.24, 2.45) is 0 Å². The fraction of sp³-hybridized carbons (Fsp3) is 0.462. The predicted octanol–water partition coefficient (Wildman–Crippen LogP) is 0.851. The molecular weight excluding hydrogens is 246 g/mol. The molecule has 1 rings (SSSR count). The summed E-state index contributed by atoms with van der Waals surface area (Å²) in [5.74, 6) is -1.34. The Bertz CT molecular complexity index is 427. The van der Waals surface area contributed by atoms with Crippen molar-refractivity contribution in [3.05, 3.63) is 29.6 Å². The first-order chi connectivity index (χ1) is 9.08. The van der Waals surface area contributed by atoms with E-state index >= 15 is 0 Å². The zero-order valence-corrected chi connectivity index (χ0v) is 11.2. The second-order valence-electron chi connectivity index (χ2n) is 4.02. The number of rotatable bonds is 7. The van der Waals surface area contributed by atoms with Crippen molar-refractivity contribution in [1.82, 2.24) is 15.2 Å². The lowest BCUT2D eigenvalue weighted by Gasteiger charge is -2.17. The maximum absolute atomic E-state index is 11.7. The van der Waals surface area contributed by atoms with Crippen molar-refractivity contribution in [1.29, 1.82) is 0 Å². The van der Waals surface area contributed by atoms with Gasteiger partial charge in [0.25, 0.3) is 5.91 Å². The fourth-order valence-corrected chi connectivity index (χ4v) is 1.61. The molecule has 6 heteroatoms. The summed E-state index contributed by atoms with van der Waals surface area (Å²) in [7, 11) is 0. The fourth-order valence-electron chi connectivity index (χ4n) is 1.61. The molecule has 6 nitrogen and oxygen atoms in total. The first-order valence-electron chi connectivity index (χ1n) is 6.28. The van der Waals surface area contributed by atoms with Gasteiger partial charge in [-0.05, 0) is 25.2 Å². The topological polar surface area (TPSA) is 82.5 Å². The highest BCUT2D eigenvalue weighted by molar-refractivity contribution is 5.93. The molecule has 0 radical (unpaired) electrons. The number of carbonyl (C=O) groups is 2. The van der Waals surface area contributed by atoms with E-state index < -0.39 is 5.97 Å². The molecule has 0 unspecified atom stereocenters. The number of nitrogens with zero attached hydrogens (tertiary/aromatic N) is 2. The molecule has 104 valence electrons. The standard InChI is InChI=1S/C13H19N3O3/c1-3-16(4-2)8-7-14-12(17)11-6-5-10(9-15-11)13(18)19/h5-6,9H,3-4,7-8H2,1-2H3,(H,14,17)(H,18,19). The second kappa shape index (κ2) is 7.48. The Morgan fingerprint density at radius 1 is 1.32 bits per heavy atom. The molecule has 0 aliphatic rings. The molecule has 1 aromatic rings. The third-order valence-electron chi connectivity index (χ3n) is 2.85. The van der Waals surface area contributed by atoms with E-state index in [1.165, 1.54) is 18.3 Å². The van der Waals surface area contributed by atoms with Gasteiger partial charge < -0.3 is 15.3 Å². The molecule has 0 saturated carbocycles. The van der Waals surface area contributed by atoms with Gasteiger partial charge in [0.05, 0.1) is 5.56 Å². The van der Waals surface area contributed by atoms with Crippen LogP contribution in [0.25, 0.3) is 0 Å². The molecule has 0 aliphatic carbocycles. The van der Waals surface area contributed by atoms with E-state index in [4.69, 9.17) is 5.11 Å². The van der Waals surface area contributed by atoms with Crippen LogP contribution < -0.4 is 5.32 Å². The van der Waals surface area contributed by atoms with E-state index in [1.54, 1.807) is 0 Å². The number of pyridine rings is 1. The lowest BCUT2D eigenvalue weighted by atomic mass is 10.2. The molecule has 2 N–H and O–H groups in total. The van der Waals surface area contributed by atoms with Crippen molar-refractivity contribution in [2.75, 3.05) is 26.2 Å². The molecule has 0 fully saturated rings. The number of nitrogens with one attached hydrogen (secondary N) is 1. The predicted molar refractivity (Wildman–Crippen MR) is 71.3 cm³/mol. The third kappa shape index (κ3) is 4.67. The Kier molecular flexibility index (Phi) is 5.95. The Morgan fingerprint density at radius 3 is 2.47 bits per heavy atom. The van der Waals surface area contributed by atoms with Crippen LogP contribution in [0.5, 0.6) is 0 Å². The number of carbonyl (C=O) groups excluding carboxylic acids is 1. The number of aromatic nitrogens is 1. The number of carboxylic acids is 1. The number of carboxylic acid groups (broad SMARTS) is 1. The van der Waals surface area contributed by atoms with Gasteiger partial charge in [0.15, 0.2) is 0 Å². The minimum Gasteiger partial charge on any atom is -0.478 e. The van der Waals surface area contributed by atoms with E-state index in [1.807, 2.05) is 0 Å². The Labute approximate surface area is 112 Å². The number of hydrogen-bond acceptors (Lipinski definition) is 4. The van der Waals surface area contributed by atoms with Crippen LogP contribution in [0.2, 0.25) is 0 Å². The van der Waals surface area contributed by atoms with Gasteiger partial charge in [-0.25, -0.2) is 4.79 Å². The number of hydrogen-bond donors (Lipinski definition) is 2. The van der Waals surface area contributed by atoms with Crippen LogP contribution in [0.3, 0.4) is 0 Å². The van der Waals surface area contributed by atoms with Crippen molar-refractivity contribution >= 4 is 11.9 Å². The maximum Gasteiger partial charge on any atom is 0.337 e. The second-order valence-corrected chi connectivity index (χ2v) is 4.02. The van der Waals surface area contributed by atoms with Crippen LogP contribution in [-0.2, 0) is 0 Å². The van der Waals surface area contributed by atoms with Gasteiger partial charge in [-0.2, -0.15) is 0 Å². The third-order valence-corrected chi connectivity index (χ3v) is 2.85. The summed E-state index contributed by atoms with van der Waals surface area (Å²) in [6.07, 6.45) is 1.18. The van der Waals surface area contributed by atoms with Crippen LogP contribution in [-0.4, -0.2) is 53.0 Å². The highest BCUT2D eigenvalue weighted by Gasteiger charge is 2.09. The van der Waals surface area contributed by atoms with E-state index in [-0.39, 0.29) is 17.2 Å². The molecule has 1 heterocycles. The van der Waals surface area contributed by atoms with Crippen molar-refractivity contribution < 1.29 is 14.7 Å². The zero-order chi connectivity index (χ0) is 14.3. The van der Waals surface area contributed by atoms with Gasteiger partial charge in [-0.3, -0.25) is 9.78 Å². The minimum absolute atomic E-state index is 0.0692. The molecular formula is C13H19N3O3. The molecule has 19 heavy (non-hydrogen) atoms. The molecule has 0 bridgehead atoms. The zero-order valence-electron chi connectivity index (χ0n) is 11.2. The molecule has 0 saturated heterocycles. The smallest absolute Gasteiger partial charge is 0.337 e. The summed E-state index contributed by atoms with van der Waals surface area (Å²) in [5, 5.41) is 11.5. The molecule has 0 atom stereocenters. The molecule has 0 spiro atoms. The number of amides is 1. The summed E-state index contributed by atoms with van der Waals surface area (Å²) in [6.45, 7) is 7.35. The summed E-state index contributed by atoms with van der Waals surface area (Å²) in [6, 6.07) is 2.78. The van der Waals surface area contributed by atoms with Gasteiger partial charge in [0, 0.05) is 19.3 Å². The maximum atomic E-state index is 11.7. The molecule has 1 amide bonds. The van der Waals surface area contributed by atoms with Crippen molar-refractivity contribution in [3.8, 4) is 0 Å². The molecule has 0 aliphatic heterocycles. The summed E-state index contributed by atoms with van der Waals surface area (Å²) >= 11 is 0. The van der Waals surface area contributed by atoms with Gasteiger partial charge in [-0.15, -0.1) is 0 Å². The van der Waals surface area contributed by atoms with E-state index in [0.29, 0.717) is 6.54 Å². The highest BCUT2D eigenvalue weighted by Crippen LogP contribution is 2.00. The van der Waals surface area contributed by atoms with E-state index in [0.717, 1.165) is 19.6 Å². The van der Waals surface area contributed by atoms with Crippen LogP contribution in [0, 0.1) is 0 Å². The minimum atomic E-state index is -1.05. The monoisotopic (exact) mass is 265 g/mol. The van der Waals surface area contributed by atoms with Crippen LogP contribution in [0.4, 0.5) is 0 Å². The number of aromatic carboxylic acids is 1. The van der Waals surface area contributed by atoms with Crippen LogP contribution in [0.1, 0.15) is 34.7 Å². The Balaban J connectivity index is 2.47. The van der Waals surface area contributed by atoms with Crippen molar-refractivity contribution in [2.45, 2.75) is 13.8 Å². The van der Waals surface area contributed by atoms with Gasteiger partial charge >= 0.3 is 5.97 Å². The Morgan fingerprint density at radius 2 is 2.00 bits per heavy atom. The van der Waals surface area contributed by atoms with Gasteiger partial charge in [0.2, 0.25) is 0 Å². The van der Waals surface area contributed by atoms with E-state index in [2.05, 4.69) is 29.0 Å². The van der Waals surface area contributed by atoms with E-state index in [9.17, 15) is 9.59 Å². The molecule has 0 aromatic carbocycles. The Hall–Kier alpha value is -1.95. The summed E-state index contributed by atoms with van der Waals surface area (Å²) < 4.78 is 0. The average molecular weight is 265 g/mol. The van der Waals surface area contributed by atoms with Crippen molar-refractivity contribution in [3.63, 3.8) is 0 Å². The average Bonchev–Trinajstić information content (AvgIpc) is 2.43. The van der Waals surface area contributed by atoms with Gasteiger partial charge in [-0.1, -0.05) is 13.8 Å². The summed E-state index contributed by atoms with van der Waals surface area (Å²) in [5.41, 5.74) is 0.296. The SMILES string of the molecule is CCN(CC)CCNC(=O)c1ccc(C(=O)O)cn1. The largest absolute Gasteiger partial charge is 0.478 e. The summed E-state index contributed by atoms with van der Waals surface area (Å²) in [4.78, 5) is 28.4. The molecule has 1 aromatic heterocycles. The van der Waals surface area contributed by atoms with Gasteiger partial charge in [0.1, 0.15) is 5.69 Å². The highest BCUT2D eigenvalue weighted by atomic mass is 16.4. The quantitative estimate of drug-likeness (QED) is 0.763.